The Morgan fingerprint density at radius 1 is 1.17 bits per heavy atom. The van der Waals surface area contributed by atoms with Gasteiger partial charge in [0.05, 0.1) is 18.1 Å². The fraction of sp³-hybridized carbons (Fsp3) is 0.118. The molecule has 2 heterocycles. The van der Waals surface area contributed by atoms with Gasteiger partial charge in [0.15, 0.2) is 0 Å². The third-order valence-corrected chi connectivity index (χ3v) is 3.89. The van der Waals surface area contributed by atoms with Crippen molar-refractivity contribution in [2.45, 2.75) is 13.3 Å². The zero-order valence-corrected chi connectivity index (χ0v) is 13.4. The minimum absolute atomic E-state index is 0.0120. The van der Waals surface area contributed by atoms with Gasteiger partial charge in [-0.25, -0.2) is 4.98 Å². The third-order valence-electron chi connectivity index (χ3n) is 3.21. The highest BCUT2D eigenvalue weighted by molar-refractivity contribution is 7.08. The number of nitrogens with zero attached hydrogens (tertiary/aromatic N) is 2. The van der Waals surface area contributed by atoms with Gasteiger partial charge in [0.25, 0.3) is 0 Å². The van der Waals surface area contributed by atoms with Crippen molar-refractivity contribution in [2.75, 3.05) is 10.6 Å². The topological polar surface area (TPSA) is 66.9 Å². The lowest BCUT2D eigenvalue weighted by molar-refractivity contribution is -0.115. The van der Waals surface area contributed by atoms with E-state index in [2.05, 4.69) is 20.6 Å². The van der Waals surface area contributed by atoms with Gasteiger partial charge in [-0.05, 0) is 29.6 Å². The van der Waals surface area contributed by atoms with E-state index in [0.29, 0.717) is 12.2 Å². The maximum atomic E-state index is 11.4. The fourth-order valence-electron chi connectivity index (χ4n) is 2.02. The van der Waals surface area contributed by atoms with E-state index in [1.807, 2.05) is 48.0 Å². The molecule has 2 N–H and O–H groups in total. The van der Waals surface area contributed by atoms with E-state index in [4.69, 9.17) is 0 Å². The molecule has 1 amide bonds. The Balaban J connectivity index is 1.72. The molecule has 0 fully saturated rings. The number of carbonyl (C=O) groups is 1. The minimum Gasteiger partial charge on any atom is -0.339 e. The Hall–Kier alpha value is -2.73. The van der Waals surface area contributed by atoms with Crippen LogP contribution in [0.2, 0.25) is 0 Å². The number of nitrogens with one attached hydrogen (secondary N) is 2. The van der Waals surface area contributed by atoms with Crippen molar-refractivity contribution in [1.29, 1.82) is 0 Å². The molecule has 0 saturated carbocycles. The average molecular weight is 324 g/mol. The van der Waals surface area contributed by atoms with Gasteiger partial charge in [0.1, 0.15) is 5.82 Å². The Morgan fingerprint density at radius 2 is 2.04 bits per heavy atom. The van der Waals surface area contributed by atoms with Gasteiger partial charge in [-0.2, -0.15) is 11.3 Å². The number of amides is 1. The zero-order valence-electron chi connectivity index (χ0n) is 12.6. The van der Waals surface area contributed by atoms with E-state index in [1.165, 1.54) is 0 Å². The van der Waals surface area contributed by atoms with E-state index in [-0.39, 0.29) is 5.91 Å². The summed E-state index contributed by atoms with van der Waals surface area (Å²) in [6.45, 7) is 1.82. The lowest BCUT2D eigenvalue weighted by Gasteiger charge is -2.08. The van der Waals surface area contributed by atoms with E-state index < -0.39 is 0 Å². The molecular weight excluding hydrogens is 308 g/mol. The van der Waals surface area contributed by atoms with Gasteiger partial charge in [0.2, 0.25) is 5.91 Å². The standard InChI is InChI=1S/C17H16N4OS/c1-2-17(22)21-14-5-3-4-13(8-14)20-16-10-18-15(9-19-16)12-6-7-23-11-12/h3-11H,2H2,1H3,(H,19,20)(H,21,22). The van der Waals surface area contributed by atoms with Gasteiger partial charge in [0, 0.05) is 28.7 Å². The molecule has 0 atom stereocenters. The van der Waals surface area contributed by atoms with Crippen LogP contribution >= 0.6 is 11.3 Å². The number of hydrogen-bond acceptors (Lipinski definition) is 5. The SMILES string of the molecule is CCC(=O)Nc1cccc(Nc2cnc(-c3ccsc3)cn2)c1. The van der Waals surface area contributed by atoms with Gasteiger partial charge in [-0.3, -0.25) is 9.78 Å². The Bertz CT molecular complexity index is 785. The Labute approximate surface area is 138 Å². The molecule has 0 bridgehead atoms. The van der Waals surface area contributed by atoms with Crippen molar-refractivity contribution in [3.63, 3.8) is 0 Å². The molecule has 0 spiro atoms. The number of carbonyl (C=O) groups excluding carboxylic acids is 1. The summed E-state index contributed by atoms with van der Waals surface area (Å²) in [4.78, 5) is 20.2. The van der Waals surface area contributed by atoms with Crippen LogP contribution < -0.4 is 10.6 Å². The number of anilines is 3. The molecule has 6 heteroatoms. The Morgan fingerprint density at radius 3 is 2.74 bits per heavy atom. The second kappa shape index (κ2) is 7.02. The van der Waals surface area contributed by atoms with Crippen LogP contribution in [0.15, 0.2) is 53.5 Å². The summed E-state index contributed by atoms with van der Waals surface area (Å²) in [6, 6.07) is 9.52. The number of thiophene rings is 1. The molecule has 1 aromatic carbocycles. The van der Waals surface area contributed by atoms with Crippen molar-refractivity contribution in [3.05, 3.63) is 53.5 Å². The summed E-state index contributed by atoms with van der Waals surface area (Å²) in [5.74, 6) is 0.644. The summed E-state index contributed by atoms with van der Waals surface area (Å²) in [7, 11) is 0. The average Bonchev–Trinajstić information content (AvgIpc) is 3.10. The molecule has 3 aromatic rings. The molecule has 0 aliphatic carbocycles. The van der Waals surface area contributed by atoms with Crippen LogP contribution in [0.5, 0.6) is 0 Å². The number of hydrogen-bond donors (Lipinski definition) is 2. The molecular formula is C17H16N4OS. The van der Waals surface area contributed by atoms with Crippen LogP contribution in [0.1, 0.15) is 13.3 Å². The molecule has 23 heavy (non-hydrogen) atoms. The predicted molar refractivity (Wildman–Crippen MR) is 94.0 cm³/mol. The molecule has 0 aliphatic heterocycles. The predicted octanol–water partition coefficient (Wildman–Crippen LogP) is 4.30. The molecule has 0 aliphatic rings. The lowest BCUT2D eigenvalue weighted by Crippen LogP contribution is -2.09. The first kappa shape index (κ1) is 15.2. The van der Waals surface area contributed by atoms with Crippen LogP contribution in [0.4, 0.5) is 17.2 Å². The zero-order chi connectivity index (χ0) is 16.1. The minimum atomic E-state index is -0.0120. The van der Waals surface area contributed by atoms with Crippen molar-refractivity contribution in [3.8, 4) is 11.3 Å². The molecule has 0 unspecified atom stereocenters. The van der Waals surface area contributed by atoms with E-state index in [0.717, 1.165) is 22.6 Å². The summed E-state index contributed by atoms with van der Waals surface area (Å²) in [6.07, 6.45) is 3.89. The van der Waals surface area contributed by atoms with E-state index in [1.54, 1.807) is 23.7 Å². The fourth-order valence-corrected chi connectivity index (χ4v) is 2.67. The van der Waals surface area contributed by atoms with Crippen molar-refractivity contribution >= 4 is 34.4 Å². The maximum Gasteiger partial charge on any atom is 0.224 e. The Kier molecular flexibility index (Phi) is 4.63. The largest absolute Gasteiger partial charge is 0.339 e. The number of aromatic nitrogens is 2. The summed E-state index contributed by atoms with van der Waals surface area (Å²) >= 11 is 1.63. The molecule has 5 nitrogen and oxygen atoms in total. The smallest absolute Gasteiger partial charge is 0.224 e. The van der Waals surface area contributed by atoms with E-state index >= 15 is 0 Å². The van der Waals surface area contributed by atoms with Crippen LogP contribution in [0.25, 0.3) is 11.3 Å². The van der Waals surface area contributed by atoms with Gasteiger partial charge < -0.3 is 10.6 Å². The second-order valence-electron chi connectivity index (χ2n) is 4.91. The van der Waals surface area contributed by atoms with Gasteiger partial charge in [-0.15, -0.1) is 0 Å². The molecule has 0 saturated heterocycles. The van der Waals surface area contributed by atoms with Crippen LogP contribution in [-0.4, -0.2) is 15.9 Å². The molecule has 116 valence electrons. The highest BCUT2D eigenvalue weighted by Gasteiger charge is 2.03. The number of rotatable bonds is 5. The van der Waals surface area contributed by atoms with Gasteiger partial charge in [-0.1, -0.05) is 13.0 Å². The van der Waals surface area contributed by atoms with Crippen LogP contribution in [-0.2, 0) is 4.79 Å². The normalized spacial score (nSPS) is 10.3. The highest BCUT2D eigenvalue weighted by Crippen LogP contribution is 2.22. The third kappa shape index (κ3) is 3.92. The summed E-state index contributed by atoms with van der Waals surface area (Å²) in [5, 5.41) is 10.1. The van der Waals surface area contributed by atoms with Crippen molar-refractivity contribution < 1.29 is 4.79 Å². The monoisotopic (exact) mass is 324 g/mol. The first-order valence-corrected chi connectivity index (χ1v) is 8.20. The van der Waals surface area contributed by atoms with Gasteiger partial charge >= 0.3 is 0 Å². The second-order valence-corrected chi connectivity index (χ2v) is 5.69. The van der Waals surface area contributed by atoms with E-state index in [9.17, 15) is 4.79 Å². The lowest BCUT2D eigenvalue weighted by atomic mass is 10.2. The molecule has 0 radical (unpaired) electrons. The maximum absolute atomic E-state index is 11.4. The summed E-state index contributed by atoms with van der Waals surface area (Å²) < 4.78 is 0. The van der Waals surface area contributed by atoms with Crippen LogP contribution in [0.3, 0.4) is 0 Å². The first-order valence-electron chi connectivity index (χ1n) is 7.26. The number of benzene rings is 1. The van der Waals surface area contributed by atoms with Crippen LogP contribution in [0, 0.1) is 0 Å². The molecule has 2 aromatic heterocycles. The summed E-state index contributed by atoms with van der Waals surface area (Å²) in [5.41, 5.74) is 3.51. The quantitative estimate of drug-likeness (QED) is 0.734. The first-order chi connectivity index (χ1) is 11.2. The van der Waals surface area contributed by atoms with Crippen molar-refractivity contribution in [2.24, 2.45) is 0 Å². The van der Waals surface area contributed by atoms with Crippen molar-refractivity contribution in [1.82, 2.24) is 9.97 Å². The highest BCUT2D eigenvalue weighted by atomic mass is 32.1. The molecule has 3 rings (SSSR count).